The van der Waals surface area contributed by atoms with Gasteiger partial charge in [-0.05, 0) is 35.4 Å². The molecule has 1 heterocycles. The van der Waals surface area contributed by atoms with Crippen LogP contribution in [0, 0.1) is 0 Å². The van der Waals surface area contributed by atoms with E-state index in [9.17, 15) is 14.4 Å². The van der Waals surface area contributed by atoms with Gasteiger partial charge in [0.2, 0.25) is 0 Å². The molecule has 3 rings (SSSR count). The van der Waals surface area contributed by atoms with Crippen LogP contribution in [-0.2, 0) is 16.1 Å². The standard InChI is InChI=1S/C23H23N5O4/c1-32-22(31)19(16-9-5-10-17(13-16)26-23(24)25)27-20(29)18-11-6-12-28(21(18)30)14-15-7-3-2-4-8-15/h2-13,19H,14H2,1H3,(H,27,29)(H4,24,25,26). The van der Waals surface area contributed by atoms with Gasteiger partial charge in [0.15, 0.2) is 12.0 Å². The number of aromatic nitrogens is 1. The highest BCUT2D eigenvalue weighted by Crippen LogP contribution is 2.21. The zero-order valence-electron chi connectivity index (χ0n) is 17.4. The molecule has 0 radical (unpaired) electrons. The molecule has 5 N–H and O–H groups in total. The van der Waals surface area contributed by atoms with Crippen LogP contribution in [0.25, 0.3) is 0 Å². The Kier molecular flexibility index (Phi) is 7.02. The van der Waals surface area contributed by atoms with Gasteiger partial charge in [-0.3, -0.25) is 9.59 Å². The normalized spacial score (nSPS) is 11.3. The lowest BCUT2D eigenvalue weighted by Crippen LogP contribution is -2.38. The van der Waals surface area contributed by atoms with Gasteiger partial charge in [0.1, 0.15) is 5.56 Å². The van der Waals surface area contributed by atoms with Gasteiger partial charge in [-0.25, -0.2) is 9.79 Å². The molecule has 0 saturated carbocycles. The summed E-state index contributed by atoms with van der Waals surface area (Å²) in [6.45, 7) is 0.307. The number of esters is 1. The third kappa shape index (κ3) is 5.39. The van der Waals surface area contributed by atoms with E-state index in [1.54, 1.807) is 36.5 Å². The topological polar surface area (TPSA) is 142 Å². The van der Waals surface area contributed by atoms with Crippen molar-refractivity contribution in [2.45, 2.75) is 12.6 Å². The molecule has 2 aromatic carbocycles. The number of aliphatic imine (C=N–C) groups is 1. The SMILES string of the molecule is COC(=O)C(NC(=O)c1cccn(Cc2ccccc2)c1=O)c1cccc(N=C(N)N)c1. The van der Waals surface area contributed by atoms with Crippen molar-refractivity contribution in [3.63, 3.8) is 0 Å². The van der Waals surface area contributed by atoms with Crippen LogP contribution >= 0.6 is 0 Å². The Morgan fingerprint density at radius 1 is 1.06 bits per heavy atom. The summed E-state index contributed by atoms with van der Waals surface area (Å²) in [5, 5.41) is 2.57. The Bertz CT molecular complexity index is 1200. The average molecular weight is 433 g/mol. The molecule has 0 aliphatic rings. The summed E-state index contributed by atoms with van der Waals surface area (Å²) in [6, 6.07) is 17.7. The first-order valence-electron chi connectivity index (χ1n) is 9.70. The largest absolute Gasteiger partial charge is 0.467 e. The lowest BCUT2D eigenvalue weighted by molar-refractivity contribution is -0.143. The molecule has 32 heavy (non-hydrogen) atoms. The maximum Gasteiger partial charge on any atom is 0.333 e. The van der Waals surface area contributed by atoms with Gasteiger partial charge in [-0.15, -0.1) is 0 Å². The van der Waals surface area contributed by atoms with E-state index in [1.807, 2.05) is 30.3 Å². The van der Waals surface area contributed by atoms with Gasteiger partial charge in [-0.2, -0.15) is 0 Å². The molecule has 1 atom stereocenters. The van der Waals surface area contributed by atoms with Gasteiger partial charge in [0.05, 0.1) is 19.3 Å². The Balaban J connectivity index is 1.89. The van der Waals surface area contributed by atoms with Crippen LogP contribution in [0.3, 0.4) is 0 Å². The lowest BCUT2D eigenvalue weighted by atomic mass is 10.1. The van der Waals surface area contributed by atoms with Gasteiger partial charge in [0.25, 0.3) is 11.5 Å². The number of nitrogens with zero attached hydrogens (tertiary/aromatic N) is 2. The number of carbonyl (C=O) groups is 2. The number of nitrogens with one attached hydrogen (secondary N) is 1. The van der Waals surface area contributed by atoms with Crippen LogP contribution in [0.15, 0.2) is 82.7 Å². The molecule has 1 unspecified atom stereocenters. The molecular formula is C23H23N5O4. The zero-order chi connectivity index (χ0) is 23.1. The highest BCUT2D eigenvalue weighted by Gasteiger charge is 2.25. The fourth-order valence-electron chi connectivity index (χ4n) is 3.14. The van der Waals surface area contributed by atoms with E-state index >= 15 is 0 Å². The first kappa shape index (κ1) is 22.3. The van der Waals surface area contributed by atoms with Crippen LogP contribution < -0.4 is 22.3 Å². The molecule has 9 nitrogen and oxygen atoms in total. The van der Waals surface area contributed by atoms with Crippen molar-refractivity contribution in [3.8, 4) is 0 Å². The molecule has 1 amide bonds. The first-order valence-corrected chi connectivity index (χ1v) is 9.70. The second-order valence-electron chi connectivity index (χ2n) is 6.90. The van der Waals surface area contributed by atoms with Crippen LogP contribution in [0.1, 0.15) is 27.5 Å². The second kappa shape index (κ2) is 10.1. The number of methoxy groups -OCH3 is 1. The van der Waals surface area contributed by atoms with Crippen molar-refractivity contribution in [2.75, 3.05) is 7.11 Å². The summed E-state index contributed by atoms with van der Waals surface area (Å²) < 4.78 is 6.26. The monoisotopic (exact) mass is 433 g/mol. The smallest absolute Gasteiger partial charge is 0.333 e. The minimum Gasteiger partial charge on any atom is -0.467 e. The minimum atomic E-state index is -1.16. The van der Waals surface area contributed by atoms with Crippen molar-refractivity contribution in [2.24, 2.45) is 16.5 Å². The second-order valence-corrected chi connectivity index (χ2v) is 6.90. The number of carbonyl (C=O) groups excluding carboxylic acids is 2. The molecule has 0 aliphatic carbocycles. The number of pyridine rings is 1. The molecule has 9 heteroatoms. The maximum absolute atomic E-state index is 12.9. The summed E-state index contributed by atoms with van der Waals surface area (Å²) >= 11 is 0. The first-order chi connectivity index (χ1) is 15.4. The van der Waals surface area contributed by atoms with Gasteiger partial charge in [-0.1, -0.05) is 42.5 Å². The molecule has 0 aliphatic heterocycles. The van der Waals surface area contributed by atoms with E-state index in [-0.39, 0.29) is 11.5 Å². The quantitative estimate of drug-likeness (QED) is 0.292. The number of amides is 1. The summed E-state index contributed by atoms with van der Waals surface area (Å²) in [7, 11) is 1.21. The minimum absolute atomic E-state index is 0.0993. The highest BCUT2D eigenvalue weighted by atomic mass is 16.5. The van der Waals surface area contributed by atoms with E-state index in [2.05, 4.69) is 10.3 Å². The molecule has 0 saturated heterocycles. The number of benzene rings is 2. The molecule has 164 valence electrons. The van der Waals surface area contributed by atoms with E-state index in [0.717, 1.165) is 5.56 Å². The van der Waals surface area contributed by atoms with Crippen molar-refractivity contribution in [3.05, 3.63) is 100.0 Å². The average Bonchev–Trinajstić information content (AvgIpc) is 2.78. The van der Waals surface area contributed by atoms with E-state index in [4.69, 9.17) is 16.2 Å². The predicted octanol–water partition coefficient (Wildman–Crippen LogP) is 1.45. The number of nitrogens with two attached hydrogens (primary N) is 2. The third-order valence-corrected chi connectivity index (χ3v) is 4.63. The summed E-state index contributed by atoms with van der Waals surface area (Å²) in [5.41, 5.74) is 11.9. The summed E-state index contributed by atoms with van der Waals surface area (Å²) in [4.78, 5) is 42.2. The Hall–Kier alpha value is -4.40. The van der Waals surface area contributed by atoms with Gasteiger partial charge >= 0.3 is 5.97 Å². The van der Waals surface area contributed by atoms with Crippen LogP contribution in [0.5, 0.6) is 0 Å². The number of ether oxygens (including phenoxy) is 1. The van der Waals surface area contributed by atoms with Crippen LogP contribution in [-0.4, -0.2) is 29.5 Å². The van der Waals surface area contributed by atoms with Crippen LogP contribution in [0.2, 0.25) is 0 Å². The number of rotatable bonds is 7. The van der Waals surface area contributed by atoms with Crippen molar-refractivity contribution in [1.82, 2.24) is 9.88 Å². The molecule has 0 bridgehead atoms. The Labute approximate surface area is 184 Å². The number of hydrogen-bond acceptors (Lipinski definition) is 5. The van der Waals surface area contributed by atoms with Crippen LogP contribution in [0.4, 0.5) is 5.69 Å². The predicted molar refractivity (Wildman–Crippen MR) is 120 cm³/mol. The fraction of sp³-hybridized carbons (Fsp3) is 0.130. The molecular weight excluding hydrogens is 410 g/mol. The number of hydrogen-bond donors (Lipinski definition) is 3. The van der Waals surface area contributed by atoms with E-state index < -0.39 is 23.5 Å². The zero-order valence-corrected chi connectivity index (χ0v) is 17.4. The number of guanidine groups is 1. The lowest BCUT2D eigenvalue weighted by Gasteiger charge is -2.17. The summed E-state index contributed by atoms with van der Waals surface area (Å²) in [6.07, 6.45) is 1.60. The van der Waals surface area contributed by atoms with Crippen molar-refractivity contribution >= 4 is 23.5 Å². The Morgan fingerprint density at radius 2 is 1.81 bits per heavy atom. The third-order valence-electron chi connectivity index (χ3n) is 4.63. The molecule has 1 aromatic heterocycles. The van der Waals surface area contributed by atoms with E-state index in [0.29, 0.717) is 17.8 Å². The van der Waals surface area contributed by atoms with Crippen molar-refractivity contribution < 1.29 is 14.3 Å². The van der Waals surface area contributed by atoms with E-state index in [1.165, 1.54) is 17.7 Å². The van der Waals surface area contributed by atoms with Gasteiger partial charge in [0, 0.05) is 6.20 Å². The molecule has 0 spiro atoms. The summed E-state index contributed by atoms with van der Waals surface area (Å²) in [5.74, 6) is -1.56. The molecule has 0 fully saturated rings. The fourth-order valence-corrected chi connectivity index (χ4v) is 3.14. The Morgan fingerprint density at radius 3 is 2.50 bits per heavy atom. The highest BCUT2D eigenvalue weighted by molar-refractivity contribution is 5.96. The molecule has 3 aromatic rings. The maximum atomic E-state index is 12.9. The van der Waals surface area contributed by atoms with Gasteiger partial charge < -0.3 is 26.1 Å². The van der Waals surface area contributed by atoms with Crippen molar-refractivity contribution in [1.29, 1.82) is 0 Å².